The van der Waals surface area contributed by atoms with Gasteiger partial charge in [-0.3, -0.25) is 29.0 Å². The average Bonchev–Trinajstić information content (AvgIpc) is 2.90. The van der Waals surface area contributed by atoms with Crippen LogP contribution < -0.4 is 10.6 Å². The summed E-state index contributed by atoms with van der Waals surface area (Å²) in [5.74, 6) is -4.54. The molecule has 176 valence electrons. The first-order valence-corrected chi connectivity index (χ1v) is 10.4. The number of rotatable bonds is 7. The van der Waals surface area contributed by atoms with Crippen LogP contribution in [0.4, 0.5) is 4.39 Å². The molecular formula is C21H23FN4O7. The molecule has 11 nitrogen and oxygen atoms in total. The summed E-state index contributed by atoms with van der Waals surface area (Å²) in [6.45, 7) is 0.186. The van der Waals surface area contributed by atoms with Gasteiger partial charge in [-0.25, -0.2) is 9.40 Å². The molecular weight excluding hydrogens is 439 g/mol. The third kappa shape index (κ3) is 5.51. The summed E-state index contributed by atoms with van der Waals surface area (Å²) in [4.78, 5) is 73.4. The van der Waals surface area contributed by atoms with Crippen LogP contribution in [0.3, 0.4) is 0 Å². The Bertz CT molecular complexity index is 985. The molecule has 33 heavy (non-hydrogen) atoms. The van der Waals surface area contributed by atoms with Crippen LogP contribution in [-0.4, -0.2) is 75.7 Å². The van der Waals surface area contributed by atoms with E-state index in [9.17, 15) is 33.2 Å². The molecule has 1 aromatic rings. The van der Waals surface area contributed by atoms with Gasteiger partial charge in [0.2, 0.25) is 11.8 Å². The normalized spacial score (nSPS) is 21.5. The van der Waals surface area contributed by atoms with Crippen molar-refractivity contribution < 1.29 is 38.3 Å². The van der Waals surface area contributed by atoms with Crippen molar-refractivity contribution in [3.63, 3.8) is 0 Å². The summed E-state index contributed by atoms with van der Waals surface area (Å²) in [5, 5.41) is 15.8. The van der Waals surface area contributed by atoms with Crippen LogP contribution in [0.25, 0.3) is 0 Å². The quantitative estimate of drug-likeness (QED) is 0.467. The van der Waals surface area contributed by atoms with Gasteiger partial charge < -0.3 is 20.5 Å². The van der Waals surface area contributed by atoms with Crippen molar-refractivity contribution in [3.05, 3.63) is 35.6 Å². The van der Waals surface area contributed by atoms with E-state index in [1.54, 1.807) is 0 Å². The number of halogens is 1. The molecule has 2 fully saturated rings. The fourth-order valence-electron chi connectivity index (χ4n) is 3.88. The van der Waals surface area contributed by atoms with Gasteiger partial charge in [0.05, 0.1) is 12.5 Å². The van der Waals surface area contributed by atoms with Crippen LogP contribution in [0, 0.1) is 5.82 Å². The first kappa shape index (κ1) is 23.8. The largest absolute Gasteiger partial charge is 0.481 e. The highest BCUT2D eigenvalue weighted by atomic mass is 19.1. The van der Waals surface area contributed by atoms with Crippen molar-refractivity contribution in [2.24, 2.45) is 0 Å². The van der Waals surface area contributed by atoms with E-state index in [1.807, 2.05) is 0 Å². The van der Waals surface area contributed by atoms with Crippen LogP contribution in [0.5, 0.6) is 0 Å². The van der Waals surface area contributed by atoms with Gasteiger partial charge >= 0.3 is 5.97 Å². The van der Waals surface area contributed by atoms with Crippen molar-refractivity contribution in [2.75, 3.05) is 6.54 Å². The molecule has 0 bridgehead atoms. The molecule has 0 spiro atoms. The predicted octanol–water partition coefficient (Wildman–Crippen LogP) is -0.389. The molecule has 0 unspecified atom stereocenters. The molecule has 3 atom stereocenters. The zero-order chi connectivity index (χ0) is 24.1. The highest BCUT2D eigenvalue weighted by Crippen LogP contribution is 2.25. The summed E-state index contributed by atoms with van der Waals surface area (Å²) in [7, 11) is 0. The number of hydrazine groups is 1. The lowest BCUT2D eigenvalue weighted by Gasteiger charge is -2.43. The minimum Gasteiger partial charge on any atom is -0.481 e. The van der Waals surface area contributed by atoms with Crippen molar-refractivity contribution in [1.82, 2.24) is 20.7 Å². The van der Waals surface area contributed by atoms with E-state index in [1.165, 1.54) is 12.1 Å². The number of benzene rings is 1. The molecule has 0 aliphatic carbocycles. The molecule has 0 aromatic heterocycles. The van der Waals surface area contributed by atoms with Crippen molar-refractivity contribution in [1.29, 1.82) is 0 Å². The van der Waals surface area contributed by atoms with Gasteiger partial charge in [-0.2, -0.15) is 0 Å². The van der Waals surface area contributed by atoms with Gasteiger partial charge in [-0.1, -0.05) is 6.07 Å². The predicted molar refractivity (Wildman–Crippen MR) is 109 cm³/mol. The lowest BCUT2D eigenvalue weighted by molar-refractivity contribution is -0.176. The topological polar surface area (TPSA) is 153 Å². The zero-order valence-electron chi connectivity index (χ0n) is 17.5. The standard InChI is InChI=1S/C21H23FN4O7/c22-13-4-1-3-12(9-13)19(31)24-15-6-7-17(28)25-8-2-5-16(26(25)21(15)33)20(32)23-14(11-27)10-18(29)30/h1,3-4,9,11,14-16H,2,5-8,10H2,(H,23,32)(H,24,31)(H,29,30)/t14-,15-,16-/m0/s1. The second-order valence-corrected chi connectivity index (χ2v) is 7.78. The summed E-state index contributed by atoms with van der Waals surface area (Å²) < 4.78 is 13.5. The monoisotopic (exact) mass is 462 g/mol. The maximum atomic E-state index is 13.5. The van der Waals surface area contributed by atoms with E-state index in [-0.39, 0.29) is 37.7 Å². The Labute approximate surface area is 187 Å². The lowest BCUT2D eigenvalue weighted by Crippen LogP contribution is -2.64. The third-order valence-corrected chi connectivity index (χ3v) is 5.44. The Morgan fingerprint density at radius 1 is 1.24 bits per heavy atom. The minimum atomic E-state index is -1.30. The molecule has 2 aliphatic rings. The zero-order valence-corrected chi connectivity index (χ0v) is 17.5. The number of hydrogen-bond acceptors (Lipinski definition) is 6. The number of carboxylic acid groups (broad SMARTS) is 1. The molecule has 2 heterocycles. The highest BCUT2D eigenvalue weighted by molar-refractivity contribution is 6.00. The van der Waals surface area contributed by atoms with Gasteiger partial charge in [-0.05, 0) is 37.5 Å². The van der Waals surface area contributed by atoms with Gasteiger partial charge in [0.1, 0.15) is 24.2 Å². The maximum Gasteiger partial charge on any atom is 0.305 e. The van der Waals surface area contributed by atoms with E-state index in [0.717, 1.165) is 22.2 Å². The average molecular weight is 462 g/mol. The third-order valence-electron chi connectivity index (χ3n) is 5.44. The molecule has 3 rings (SSSR count). The molecule has 2 aliphatic heterocycles. The number of aldehydes is 1. The van der Waals surface area contributed by atoms with Crippen LogP contribution in [0.15, 0.2) is 24.3 Å². The van der Waals surface area contributed by atoms with Crippen LogP contribution >= 0.6 is 0 Å². The van der Waals surface area contributed by atoms with Crippen LogP contribution in [0.2, 0.25) is 0 Å². The first-order chi connectivity index (χ1) is 15.7. The number of aliphatic carboxylic acids is 1. The summed E-state index contributed by atoms with van der Waals surface area (Å²) in [5.41, 5.74) is -0.00865. The summed E-state index contributed by atoms with van der Waals surface area (Å²) >= 11 is 0. The fourth-order valence-corrected chi connectivity index (χ4v) is 3.88. The second kappa shape index (κ2) is 10.2. The second-order valence-electron chi connectivity index (χ2n) is 7.78. The Morgan fingerprint density at radius 3 is 2.67 bits per heavy atom. The number of amides is 4. The fraction of sp³-hybridized carbons (Fsp3) is 0.429. The van der Waals surface area contributed by atoms with E-state index in [0.29, 0.717) is 6.42 Å². The van der Waals surface area contributed by atoms with Crippen LogP contribution in [-0.2, 0) is 24.0 Å². The number of nitrogens with one attached hydrogen (secondary N) is 2. The number of fused-ring (bicyclic) bond motifs is 1. The number of nitrogens with zero attached hydrogens (tertiary/aromatic N) is 2. The first-order valence-electron chi connectivity index (χ1n) is 10.4. The molecule has 0 saturated carbocycles. The lowest BCUT2D eigenvalue weighted by atomic mass is 10.0. The summed E-state index contributed by atoms with van der Waals surface area (Å²) in [6.07, 6.45) is 0.134. The number of carbonyl (C=O) groups is 6. The maximum absolute atomic E-state index is 13.5. The number of carboxylic acids is 1. The molecule has 2 saturated heterocycles. The Morgan fingerprint density at radius 2 is 2.00 bits per heavy atom. The molecule has 3 N–H and O–H groups in total. The Kier molecular flexibility index (Phi) is 7.36. The molecule has 1 aromatic carbocycles. The number of hydrogen-bond donors (Lipinski definition) is 3. The van der Waals surface area contributed by atoms with Gasteiger partial charge in [0.15, 0.2) is 0 Å². The highest BCUT2D eigenvalue weighted by Gasteiger charge is 2.44. The van der Waals surface area contributed by atoms with Crippen molar-refractivity contribution in [2.45, 2.75) is 50.2 Å². The van der Waals surface area contributed by atoms with Gasteiger partial charge in [0.25, 0.3) is 11.8 Å². The molecule has 12 heteroatoms. The van der Waals surface area contributed by atoms with E-state index < -0.39 is 60.0 Å². The minimum absolute atomic E-state index is 0.00865. The van der Waals surface area contributed by atoms with E-state index in [2.05, 4.69) is 10.6 Å². The molecule has 0 radical (unpaired) electrons. The van der Waals surface area contributed by atoms with E-state index >= 15 is 0 Å². The Hall–Kier alpha value is -3.83. The summed E-state index contributed by atoms with van der Waals surface area (Å²) in [6, 6.07) is 1.27. The van der Waals surface area contributed by atoms with Crippen molar-refractivity contribution >= 4 is 35.9 Å². The van der Waals surface area contributed by atoms with Gasteiger partial charge in [-0.15, -0.1) is 0 Å². The smallest absolute Gasteiger partial charge is 0.305 e. The molecule has 4 amide bonds. The van der Waals surface area contributed by atoms with E-state index in [4.69, 9.17) is 5.11 Å². The van der Waals surface area contributed by atoms with Gasteiger partial charge in [0, 0.05) is 18.5 Å². The Balaban J connectivity index is 1.81. The van der Waals surface area contributed by atoms with Crippen LogP contribution in [0.1, 0.15) is 42.5 Å². The SMILES string of the molecule is O=C[C@H](CC(=O)O)NC(=O)[C@@H]1CCCN2C(=O)CC[C@H](NC(=O)c3cccc(F)c3)C(=O)N12. The number of carbonyl (C=O) groups excluding carboxylic acids is 5. The van der Waals surface area contributed by atoms with Crippen molar-refractivity contribution in [3.8, 4) is 0 Å².